The Hall–Kier alpha value is -4.60. The number of anilines is 1. The van der Waals surface area contributed by atoms with Gasteiger partial charge in [0.2, 0.25) is 5.95 Å². The summed E-state index contributed by atoms with van der Waals surface area (Å²) in [5.41, 5.74) is 0.624. The minimum Gasteiger partial charge on any atom is -0.507 e. The molecule has 36 heavy (non-hydrogen) atoms. The minimum absolute atomic E-state index is 0.0318. The SMILES string of the molecule is COc1cccc(C2/C(=C(\O)c3ccc(F)c(C)c3)C(=O)C(=O)N2c2nc3cc(F)c(F)cc3[nH]2)c1. The molecule has 0 aliphatic carbocycles. The highest BCUT2D eigenvalue weighted by molar-refractivity contribution is 6.51. The van der Waals surface area contributed by atoms with Crippen molar-refractivity contribution in [2.24, 2.45) is 0 Å². The van der Waals surface area contributed by atoms with Crippen molar-refractivity contribution >= 4 is 34.4 Å². The van der Waals surface area contributed by atoms with E-state index in [2.05, 4.69) is 9.97 Å². The number of amides is 1. The summed E-state index contributed by atoms with van der Waals surface area (Å²) in [7, 11) is 1.44. The van der Waals surface area contributed by atoms with Gasteiger partial charge in [-0.2, -0.15) is 0 Å². The van der Waals surface area contributed by atoms with Gasteiger partial charge in [0.1, 0.15) is 17.3 Å². The Balaban J connectivity index is 1.75. The van der Waals surface area contributed by atoms with Gasteiger partial charge in [0, 0.05) is 17.7 Å². The number of benzene rings is 3. The molecule has 2 heterocycles. The zero-order valence-corrected chi connectivity index (χ0v) is 19.0. The summed E-state index contributed by atoms with van der Waals surface area (Å²) in [5.74, 6) is -5.03. The van der Waals surface area contributed by atoms with E-state index in [-0.39, 0.29) is 33.7 Å². The van der Waals surface area contributed by atoms with Crippen LogP contribution in [0.2, 0.25) is 0 Å². The van der Waals surface area contributed by atoms with Crippen LogP contribution in [0.25, 0.3) is 16.8 Å². The molecule has 1 unspecified atom stereocenters. The van der Waals surface area contributed by atoms with Crippen molar-refractivity contribution in [3.05, 3.63) is 94.3 Å². The van der Waals surface area contributed by atoms with Crippen molar-refractivity contribution in [3.8, 4) is 5.75 Å². The van der Waals surface area contributed by atoms with Crippen molar-refractivity contribution in [2.45, 2.75) is 13.0 Å². The molecular formula is C26H18F3N3O4. The molecule has 1 atom stereocenters. The number of Topliss-reactive ketones (excluding diaryl/α,β-unsaturated/α-hetero) is 1. The maximum Gasteiger partial charge on any atom is 0.302 e. The van der Waals surface area contributed by atoms with Crippen LogP contribution in [0.3, 0.4) is 0 Å². The lowest BCUT2D eigenvalue weighted by Gasteiger charge is -2.23. The number of methoxy groups -OCH3 is 1. The number of aliphatic hydroxyl groups is 1. The molecule has 1 aromatic heterocycles. The van der Waals surface area contributed by atoms with Crippen molar-refractivity contribution in [2.75, 3.05) is 12.0 Å². The summed E-state index contributed by atoms with van der Waals surface area (Å²) in [6, 6.07) is 10.9. The number of ether oxygens (including phenoxy) is 1. The lowest BCUT2D eigenvalue weighted by molar-refractivity contribution is -0.132. The number of imidazole rings is 1. The zero-order valence-electron chi connectivity index (χ0n) is 19.0. The lowest BCUT2D eigenvalue weighted by Crippen LogP contribution is -2.30. The van der Waals surface area contributed by atoms with Crippen LogP contribution in [0.4, 0.5) is 19.1 Å². The van der Waals surface area contributed by atoms with E-state index < -0.39 is 40.9 Å². The van der Waals surface area contributed by atoms with Gasteiger partial charge in [0.25, 0.3) is 5.78 Å². The number of hydrogen-bond donors (Lipinski definition) is 2. The molecule has 0 saturated carbocycles. The summed E-state index contributed by atoms with van der Waals surface area (Å²) in [6.07, 6.45) is 0. The van der Waals surface area contributed by atoms with Crippen LogP contribution in [0.1, 0.15) is 22.7 Å². The first-order valence-corrected chi connectivity index (χ1v) is 10.8. The van der Waals surface area contributed by atoms with E-state index >= 15 is 0 Å². The lowest BCUT2D eigenvalue weighted by atomic mass is 9.94. The summed E-state index contributed by atoms with van der Waals surface area (Å²) < 4.78 is 46.7. The van der Waals surface area contributed by atoms with Crippen LogP contribution in [-0.4, -0.2) is 33.9 Å². The Morgan fingerprint density at radius 1 is 1.03 bits per heavy atom. The monoisotopic (exact) mass is 493 g/mol. The fourth-order valence-corrected chi connectivity index (χ4v) is 4.23. The number of nitrogens with one attached hydrogen (secondary N) is 1. The maximum atomic E-state index is 13.8. The van der Waals surface area contributed by atoms with Gasteiger partial charge in [0.15, 0.2) is 11.6 Å². The van der Waals surface area contributed by atoms with Gasteiger partial charge in [0.05, 0.1) is 29.8 Å². The number of H-pyrrole nitrogens is 1. The third kappa shape index (κ3) is 3.67. The van der Waals surface area contributed by atoms with E-state index in [1.54, 1.807) is 24.3 Å². The molecule has 1 amide bonds. The second kappa shape index (κ2) is 8.56. The van der Waals surface area contributed by atoms with Crippen LogP contribution in [-0.2, 0) is 9.59 Å². The summed E-state index contributed by atoms with van der Waals surface area (Å²) in [6.45, 7) is 1.50. The van der Waals surface area contributed by atoms with Crippen molar-refractivity contribution in [3.63, 3.8) is 0 Å². The minimum atomic E-state index is -1.18. The number of aromatic amines is 1. The molecule has 7 nitrogen and oxygen atoms in total. The average molecular weight is 493 g/mol. The van der Waals surface area contributed by atoms with E-state index in [4.69, 9.17) is 4.74 Å². The van der Waals surface area contributed by atoms with Crippen LogP contribution in [0.15, 0.2) is 60.2 Å². The Morgan fingerprint density at radius 3 is 2.50 bits per heavy atom. The van der Waals surface area contributed by atoms with Crippen LogP contribution >= 0.6 is 0 Å². The second-order valence-electron chi connectivity index (χ2n) is 8.25. The highest BCUT2D eigenvalue weighted by Gasteiger charge is 2.48. The first-order chi connectivity index (χ1) is 17.2. The van der Waals surface area contributed by atoms with Crippen LogP contribution < -0.4 is 9.64 Å². The van der Waals surface area contributed by atoms with E-state index in [0.717, 1.165) is 23.1 Å². The molecular weight excluding hydrogens is 475 g/mol. The highest BCUT2D eigenvalue weighted by atomic mass is 19.2. The quantitative estimate of drug-likeness (QED) is 0.239. The number of aryl methyl sites for hydroxylation is 1. The topological polar surface area (TPSA) is 95.5 Å². The second-order valence-corrected chi connectivity index (χ2v) is 8.25. The summed E-state index contributed by atoms with van der Waals surface area (Å²) >= 11 is 0. The van der Waals surface area contributed by atoms with Gasteiger partial charge in [-0.25, -0.2) is 18.2 Å². The van der Waals surface area contributed by atoms with Gasteiger partial charge in [-0.15, -0.1) is 0 Å². The number of rotatable bonds is 4. The number of nitrogens with zero attached hydrogens (tertiary/aromatic N) is 2. The molecule has 0 bridgehead atoms. The number of aromatic nitrogens is 2. The maximum absolute atomic E-state index is 13.8. The molecule has 3 aromatic carbocycles. The fraction of sp³-hybridized carbons (Fsp3) is 0.115. The largest absolute Gasteiger partial charge is 0.507 e. The van der Waals surface area contributed by atoms with Gasteiger partial charge in [-0.3, -0.25) is 14.5 Å². The van der Waals surface area contributed by atoms with Crippen molar-refractivity contribution < 1.29 is 32.6 Å². The summed E-state index contributed by atoms with van der Waals surface area (Å²) in [5, 5.41) is 11.2. The first kappa shape index (κ1) is 23.2. The molecule has 5 rings (SSSR count). The molecule has 4 aromatic rings. The van der Waals surface area contributed by atoms with Crippen molar-refractivity contribution in [1.29, 1.82) is 0 Å². The highest BCUT2D eigenvalue weighted by Crippen LogP contribution is 2.42. The fourth-order valence-electron chi connectivity index (χ4n) is 4.23. The Kier molecular flexibility index (Phi) is 5.51. The smallest absolute Gasteiger partial charge is 0.302 e. The standard InChI is InChI=1S/C26H18F3N3O4/c1-12-8-14(6-7-16(12)27)23(33)21-22(13-4-3-5-15(9-13)36-2)32(25(35)24(21)34)26-30-19-10-17(28)18(29)11-20(19)31-26/h3-11,22,33H,1-2H3,(H,30,31)/b23-21+. The number of hydrogen-bond acceptors (Lipinski definition) is 5. The average Bonchev–Trinajstić information content (AvgIpc) is 3.38. The van der Waals surface area contributed by atoms with E-state index in [1.165, 1.54) is 26.2 Å². The molecule has 0 spiro atoms. The Morgan fingerprint density at radius 2 is 1.78 bits per heavy atom. The normalized spacial score (nSPS) is 17.2. The number of halogens is 3. The molecule has 1 saturated heterocycles. The van der Waals surface area contributed by atoms with Crippen LogP contribution in [0.5, 0.6) is 5.75 Å². The number of fused-ring (bicyclic) bond motifs is 1. The predicted molar refractivity (Wildman–Crippen MR) is 125 cm³/mol. The zero-order chi connectivity index (χ0) is 25.7. The Bertz CT molecular complexity index is 1560. The number of carbonyl (C=O) groups is 2. The van der Waals surface area contributed by atoms with E-state index in [0.29, 0.717) is 11.3 Å². The molecule has 1 fully saturated rings. The number of carbonyl (C=O) groups excluding carboxylic acids is 2. The van der Waals surface area contributed by atoms with E-state index in [1.807, 2.05) is 0 Å². The van der Waals surface area contributed by atoms with Gasteiger partial charge in [-0.05, 0) is 48.4 Å². The third-order valence-electron chi connectivity index (χ3n) is 6.02. The number of aliphatic hydroxyl groups excluding tert-OH is 1. The van der Waals surface area contributed by atoms with E-state index in [9.17, 15) is 27.9 Å². The van der Waals surface area contributed by atoms with Crippen LogP contribution in [0, 0.1) is 24.4 Å². The molecule has 1 aliphatic heterocycles. The molecule has 1 aliphatic rings. The summed E-state index contributed by atoms with van der Waals surface area (Å²) in [4.78, 5) is 34.5. The number of ketones is 1. The van der Waals surface area contributed by atoms with Gasteiger partial charge >= 0.3 is 5.91 Å². The van der Waals surface area contributed by atoms with Gasteiger partial charge in [-0.1, -0.05) is 12.1 Å². The molecule has 0 radical (unpaired) electrons. The molecule has 2 N–H and O–H groups in total. The first-order valence-electron chi connectivity index (χ1n) is 10.8. The molecule has 10 heteroatoms. The van der Waals surface area contributed by atoms with Gasteiger partial charge < -0.3 is 14.8 Å². The molecule has 182 valence electrons. The predicted octanol–water partition coefficient (Wildman–Crippen LogP) is 4.92. The van der Waals surface area contributed by atoms with Crippen molar-refractivity contribution in [1.82, 2.24) is 9.97 Å². The third-order valence-corrected chi connectivity index (χ3v) is 6.02. The Labute approximate surface area is 202 Å².